The fraction of sp³-hybridized carbons (Fsp3) is 0.0833. The fourth-order valence-corrected chi connectivity index (χ4v) is 3.37. The molecule has 0 aliphatic carbocycles. The molecule has 0 amide bonds. The number of benzene rings is 1. The molecular formula is C12H6BrClO2S. The van der Waals surface area contributed by atoms with Gasteiger partial charge >= 0.3 is 0 Å². The van der Waals surface area contributed by atoms with Crippen LogP contribution in [0.25, 0.3) is 10.4 Å². The number of fused-ring (bicyclic) bond motifs is 3. The van der Waals surface area contributed by atoms with Crippen LogP contribution in [0.15, 0.2) is 28.7 Å². The van der Waals surface area contributed by atoms with Crippen LogP contribution in [0.4, 0.5) is 0 Å². The molecule has 0 saturated carbocycles. The summed E-state index contributed by atoms with van der Waals surface area (Å²) in [7, 11) is 0. The number of hydrogen-bond acceptors (Lipinski definition) is 3. The standard InChI is InChI=1S/C12H6BrClO2S/c13-7-1-2-9-8(4-7)11-6(5-16-9)3-10(17-11)12(14)15/h1-4H,5H2. The summed E-state index contributed by atoms with van der Waals surface area (Å²) in [5.41, 5.74) is 2.03. The summed E-state index contributed by atoms with van der Waals surface area (Å²) in [6.45, 7) is 0.491. The highest BCUT2D eigenvalue weighted by atomic mass is 79.9. The highest BCUT2D eigenvalue weighted by molar-refractivity contribution is 9.10. The minimum atomic E-state index is -0.416. The van der Waals surface area contributed by atoms with E-state index in [0.717, 1.165) is 26.2 Å². The van der Waals surface area contributed by atoms with E-state index in [1.807, 2.05) is 18.2 Å². The topological polar surface area (TPSA) is 26.3 Å². The van der Waals surface area contributed by atoms with Crippen molar-refractivity contribution in [3.05, 3.63) is 39.2 Å². The van der Waals surface area contributed by atoms with E-state index < -0.39 is 5.24 Å². The Kier molecular flexibility index (Phi) is 2.73. The first-order valence-corrected chi connectivity index (χ1v) is 6.89. The lowest BCUT2D eigenvalue weighted by atomic mass is 10.1. The molecule has 0 bridgehead atoms. The van der Waals surface area contributed by atoms with Crippen molar-refractivity contribution in [2.45, 2.75) is 6.61 Å². The van der Waals surface area contributed by atoms with Gasteiger partial charge in [-0.05, 0) is 35.9 Å². The van der Waals surface area contributed by atoms with Crippen LogP contribution in [0.1, 0.15) is 15.2 Å². The molecule has 2 heterocycles. The minimum Gasteiger partial charge on any atom is -0.488 e. The second-order valence-corrected chi connectivity index (χ2v) is 5.98. The Morgan fingerprint density at radius 3 is 3.00 bits per heavy atom. The Hall–Kier alpha value is -0.840. The maximum Gasteiger partial charge on any atom is 0.262 e. The van der Waals surface area contributed by atoms with Crippen LogP contribution in [0, 0.1) is 0 Å². The Balaban J connectivity index is 2.21. The number of hydrogen-bond donors (Lipinski definition) is 0. The van der Waals surface area contributed by atoms with E-state index in [-0.39, 0.29) is 0 Å². The van der Waals surface area contributed by atoms with Crippen molar-refractivity contribution in [2.75, 3.05) is 0 Å². The predicted molar refractivity (Wildman–Crippen MR) is 72.0 cm³/mol. The Morgan fingerprint density at radius 2 is 2.24 bits per heavy atom. The monoisotopic (exact) mass is 328 g/mol. The first-order valence-electron chi connectivity index (χ1n) is 4.90. The van der Waals surface area contributed by atoms with Crippen molar-refractivity contribution in [1.82, 2.24) is 0 Å². The van der Waals surface area contributed by atoms with Gasteiger partial charge in [0.25, 0.3) is 5.24 Å². The van der Waals surface area contributed by atoms with Crippen molar-refractivity contribution in [1.29, 1.82) is 0 Å². The van der Waals surface area contributed by atoms with E-state index >= 15 is 0 Å². The van der Waals surface area contributed by atoms with Crippen LogP contribution < -0.4 is 4.74 Å². The van der Waals surface area contributed by atoms with E-state index in [2.05, 4.69) is 15.9 Å². The summed E-state index contributed by atoms with van der Waals surface area (Å²) in [6, 6.07) is 7.65. The number of ether oxygens (including phenoxy) is 1. The molecule has 0 saturated heterocycles. The Labute approximate surface area is 115 Å². The number of carbonyl (C=O) groups excluding carboxylic acids is 1. The quantitative estimate of drug-likeness (QED) is 0.723. The van der Waals surface area contributed by atoms with E-state index in [0.29, 0.717) is 11.5 Å². The van der Waals surface area contributed by atoms with E-state index in [1.165, 1.54) is 11.3 Å². The first kappa shape index (κ1) is 11.3. The third kappa shape index (κ3) is 1.90. The molecule has 2 nitrogen and oxygen atoms in total. The van der Waals surface area contributed by atoms with Crippen LogP contribution in [-0.4, -0.2) is 5.24 Å². The second-order valence-electron chi connectivity index (χ2n) is 3.67. The molecule has 1 aliphatic heterocycles. The molecule has 86 valence electrons. The normalized spacial score (nSPS) is 12.6. The highest BCUT2D eigenvalue weighted by Crippen LogP contribution is 2.43. The molecule has 1 aliphatic rings. The van der Waals surface area contributed by atoms with Gasteiger partial charge in [0, 0.05) is 20.5 Å². The third-order valence-electron chi connectivity index (χ3n) is 2.57. The summed E-state index contributed by atoms with van der Waals surface area (Å²) in [5, 5.41) is -0.416. The first-order chi connectivity index (χ1) is 8.15. The van der Waals surface area contributed by atoms with Gasteiger partial charge in [-0.1, -0.05) is 15.9 Å². The zero-order valence-corrected chi connectivity index (χ0v) is 11.7. The average molecular weight is 330 g/mol. The van der Waals surface area contributed by atoms with E-state index in [1.54, 1.807) is 6.07 Å². The van der Waals surface area contributed by atoms with Crippen LogP contribution in [0.3, 0.4) is 0 Å². The second kappa shape index (κ2) is 4.12. The minimum absolute atomic E-state index is 0.416. The molecular weight excluding hydrogens is 324 g/mol. The molecule has 0 fully saturated rings. The lowest BCUT2D eigenvalue weighted by Crippen LogP contribution is -2.02. The van der Waals surface area contributed by atoms with Gasteiger partial charge < -0.3 is 4.74 Å². The Bertz CT molecular complexity index is 621. The molecule has 2 aromatic rings. The molecule has 1 aromatic carbocycles. The summed E-state index contributed by atoms with van der Waals surface area (Å²) >= 11 is 10.3. The van der Waals surface area contributed by atoms with Gasteiger partial charge in [0.1, 0.15) is 12.4 Å². The van der Waals surface area contributed by atoms with Gasteiger partial charge in [0.05, 0.1) is 4.88 Å². The van der Waals surface area contributed by atoms with Gasteiger partial charge in [-0.3, -0.25) is 4.79 Å². The predicted octanol–water partition coefficient (Wildman–Crippen LogP) is 4.45. The van der Waals surface area contributed by atoms with Crippen LogP contribution in [0.5, 0.6) is 5.75 Å². The van der Waals surface area contributed by atoms with Crippen LogP contribution in [0.2, 0.25) is 0 Å². The van der Waals surface area contributed by atoms with Gasteiger partial charge in [0.15, 0.2) is 0 Å². The molecule has 17 heavy (non-hydrogen) atoms. The SMILES string of the molecule is O=C(Cl)c1cc2c(s1)-c1cc(Br)ccc1OC2. The molecule has 0 atom stereocenters. The number of halogens is 2. The van der Waals surface area contributed by atoms with Gasteiger partial charge in [-0.15, -0.1) is 11.3 Å². The summed E-state index contributed by atoms with van der Waals surface area (Å²) in [6.07, 6.45) is 0. The highest BCUT2D eigenvalue weighted by Gasteiger charge is 2.22. The maximum absolute atomic E-state index is 11.2. The molecule has 0 spiro atoms. The number of carbonyl (C=O) groups is 1. The number of rotatable bonds is 1. The molecule has 0 radical (unpaired) electrons. The van der Waals surface area contributed by atoms with E-state index in [4.69, 9.17) is 16.3 Å². The molecule has 0 unspecified atom stereocenters. The third-order valence-corrected chi connectivity index (χ3v) is 4.59. The number of thiophene rings is 1. The smallest absolute Gasteiger partial charge is 0.262 e. The average Bonchev–Trinajstić information content (AvgIpc) is 2.73. The van der Waals surface area contributed by atoms with Crippen LogP contribution in [-0.2, 0) is 6.61 Å². The summed E-state index contributed by atoms with van der Waals surface area (Å²) in [4.78, 5) is 12.8. The van der Waals surface area contributed by atoms with Crippen LogP contribution >= 0.6 is 38.9 Å². The van der Waals surface area contributed by atoms with Gasteiger partial charge in [0.2, 0.25) is 0 Å². The van der Waals surface area contributed by atoms with Crippen molar-refractivity contribution in [3.63, 3.8) is 0 Å². The molecule has 3 rings (SSSR count). The zero-order valence-electron chi connectivity index (χ0n) is 8.50. The van der Waals surface area contributed by atoms with Gasteiger partial charge in [-0.2, -0.15) is 0 Å². The van der Waals surface area contributed by atoms with E-state index in [9.17, 15) is 4.79 Å². The van der Waals surface area contributed by atoms with Crippen molar-refractivity contribution < 1.29 is 9.53 Å². The van der Waals surface area contributed by atoms with Crippen molar-refractivity contribution in [3.8, 4) is 16.2 Å². The Morgan fingerprint density at radius 1 is 1.41 bits per heavy atom. The molecule has 1 aromatic heterocycles. The van der Waals surface area contributed by atoms with Gasteiger partial charge in [-0.25, -0.2) is 0 Å². The van der Waals surface area contributed by atoms with Crippen molar-refractivity contribution in [2.24, 2.45) is 0 Å². The lowest BCUT2D eigenvalue weighted by molar-refractivity contribution is 0.108. The fourth-order valence-electron chi connectivity index (χ4n) is 1.82. The molecule has 0 N–H and O–H groups in total. The maximum atomic E-state index is 11.2. The summed E-state index contributed by atoms with van der Waals surface area (Å²) in [5.74, 6) is 0.844. The molecule has 5 heteroatoms. The lowest BCUT2D eigenvalue weighted by Gasteiger charge is -2.17. The largest absolute Gasteiger partial charge is 0.488 e. The summed E-state index contributed by atoms with van der Waals surface area (Å²) < 4.78 is 6.62. The zero-order chi connectivity index (χ0) is 12.0. The van der Waals surface area contributed by atoms with Crippen molar-refractivity contribution >= 4 is 44.1 Å².